The van der Waals surface area contributed by atoms with Gasteiger partial charge in [0.05, 0.1) is 11.0 Å². The lowest BCUT2D eigenvalue weighted by molar-refractivity contribution is -0.120. The lowest BCUT2D eigenvalue weighted by Crippen LogP contribution is -2.37. The SMILES string of the molecule is CC(SCc1cc(-c2ccc(Cl)cc2)no1)C(=O)NC1CCCC1. The van der Waals surface area contributed by atoms with Crippen LogP contribution in [0.5, 0.6) is 0 Å². The molecule has 24 heavy (non-hydrogen) atoms. The Labute approximate surface area is 151 Å². The van der Waals surface area contributed by atoms with Crippen molar-refractivity contribution in [1.82, 2.24) is 10.5 Å². The molecule has 1 heterocycles. The number of rotatable bonds is 6. The number of benzene rings is 1. The topological polar surface area (TPSA) is 55.1 Å². The fourth-order valence-corrected chi connectivity index (χ4v) is 3.70. The lowest BCUT2D eigenvalue weighted by atomic mass is 10.1. The van der Waals surface area contributed by atoms with E-state index in [0.717, 1.165) is 29.9 Å². The maximum Gasteiger partial charge on any atom is 0.233 e. The molecule has 1 atom stereocenters. The van der Waals surface area contributed by atoms with Crippen LogP contribution in [0.2, 0.25) is 5.02 Å². The first-order valence-electron chi connectivity index (χ1n) is 8.25. The van der Waals surface area contributed by atoms with Crippen LogP contribution in [-0.2, 0) is 10.5 Å². The fraction of sp³-hybridized carbons (Fsp3) is 0.444. The quantitative estimate of drug-likeness (QED) is 0.808. The summed E-state index contributed by atoms with van der Waals surface area (Å²) in [6.45, 7) is 1.94. The predicted octanol–water partition coefficient (Wildman–Crippen LogP) is 4.68. The molecule has 1 unspecified atom stereocenters. The zero-order valence-electron chi connectivity index (χ0n) is 13.6. The minimum atomic E-state index is -0.102. The number of halogens is 1. The highest BCUT2D eigenvalue weighted by atomic mass is 35.5. The van der Waals surface area contributed by atoms with E-state index in [4.69, 9.17) is 16.1 Å². The van der Waals surface area contributed by atoms with E-state index >= 15 is 0 Å². The summed E-state index contributed by atoms with van der Waals surface area (Å²) in [5.41, 5.74) is 1.75. The molecule has 2 aromatic rings. The molecule has 1 aromatic carbocycles. The van der Waals surface area contributed by atoms with Gasteiger partial charge in [0.15, 0.2) is 0 Å². The number of aromatic nitrogens is 1. The van der Waals surface area contributed by atoms with Gasteiger partial charge in [-0.3, -0.25) is 4.79 Å². The van der Waals surface area contributed by atoms with Crippen molar-refractivity contribution >= 4 is 29.3 Å². The molecule has 1 fully saturated rings. The van der Waals surface area contributed by atoms with E-state index in [1.807, 2.05) is 37.3 Å². The Kier molecular flexibility index (Phi) is 5.85. The largest absolute Gasteiger partial charge is 0.360 e. The molecule has 3 rings (SSSR count). The highest BCUT2D eigenvalue weighted by Gasteiger charge is 2.21. The van der Waals surface area contributed by atoms with Gasteiger partial charge < -0.3 is 9.84 Å². The number of thioether (sulfide) groups is 1. The van der Waals surface area contributed by atoms with Gasteiger partial charge in [-0.05, 0) is 31.9 Å². The minimum Gasteiger partial charge on any atom is -0.360 e. The van der Waals surface area contributed by atoms with Gasteiger partial charge in [-0.1, -0.05) is 41.7 Å². The summed E-state index contributed by atoms with van der Waals surface area (Å²) in [5, 5.41) is 7.82. The van der Waals surface area contributed by atoms with Gasteiger partial charge in [0.25, 0.3) is 0 Å². The number of nitrogens with zero attached hydrogens (tertiary/aromatic N) is 1. The van der Waals surface area contributed by atoms with Crippen molar-refractivity contribution in [2.45, 2.75) is 49.7 Å². The number of amides is 1. The zero-order valence-corrected chi connectivity index (χ0v) is 15.2. The highest BCUT2D eigenvalue weighted by Crippen LogP contribution is 2.25. The second kappa shape index (κ2) is 8.08. The summed E-state index contributed by atoms with van der Waals surface area (Å²) in [7, 11) is 0. The summed E-state index contributed by atoms with van der Waals surface area (Å²) >= 11 is 7.46. The summed E-state index contributed by atoms with van der Waals surface area (Å²) in [6.07, 6.45) is 4.65. The Balaban J connectivity index is 1.51. The van der Waals surface area contributed by atoms with Crippen molar-refractivity contribution in [2.75, 3.05) is 0 Å². The molecule has 0 aliphatic heterocycles. The molecular formula is C18H21ClN2O2S. The Bertz CT molecular complexity index is 681. The Morgan fingerprint density at radius 3 is 2.79 bits per heavy atom. The van der Waals surface area contributed by atoms with Crippen LogP contribution in [0.1, 0.15) is 38.4 Å². The number of nitrogens with one attached hydrogen (secondary N) is 1. The molecule has 1 aliphatic rings. The van der Waals surface area contributed by atoms with Crippen LogP contribution in [-0.4, -0.2) is 22.4 Å². The average Bonchev–Trinajstić information content (AvgIpc) is 3.25. The molecule has 0 radical (unpaired) electrons. The molecule has 1 saturated carbocycles. The monoisotopic (exact) mass is 364 g/mol. The average molecular weight is 365 g/mol. The van der Waals surface area contributed by atoms with E-state index < -0.39 is 0 Å². The van der Waals surface area contributed by atoms with Crippen LogP contribution >= 0.6 is 23.4 Å². The third-order valence-corrected chi connectivity index (χ3v) is 5.66. The van der Waals surface area contributed by atoms with E-state index in [0.29, 0.717) is 16.8 Å². The summed E-state index contributed by atoms with van der Waals surface area (Å²) < 4.78 is 5.38. The van der Waals surface area contributed by atoms with Gasteiger partial charge in [0.2, 0.25) is 5.91 Å². The molecule has 1 amide bonds. The Morgan fingerprint density at radius 1 is 1.38 bits per heavy atom. The van der Waals surface area contributed by atoms with E-state index in [2.05, 4.69) is 10.5 Å². The van der Waals surface area contributed by atoms with Crippen molar-refractivity contribution in [3.8, 4) is 11.3 Å². The minimum absolute atomic E-state index is 0.102. The summed E-state index contributed by atoms with van der Waals surface area (Å²) in [6, 6.07) is 9.76. The summed E-state index contributed by atoms with van der Waals surface area (Å²) in [4.78, 5) is 12.2. The van der Waals surface area contributed by atoms with Crippen LogP contribution in [0.4, 0.5) is 0 Å². The third-order valence-electron chi connectivity index (χ3n) is 4.25. The second-order valence-corrected chi connectivity index (χ2v) is 7.89. The van der Waals surface area contributed by atoms with Gasteiger partial charge in [-0.25, -0.2) is 0 Å². The normalized spacial score (nSPS) is 16.2. The molecule has 1 N–H and O–H groups in total. The number of hydrogen-bond donors (Lipinski definition) is 1. The van der Waals surface area contributed by atoms with Crippen LogP contribution < -0.4 is 5.32 Å². The van der Waals surface area contributed by atoms with E-state index in [9.17, 15) is 4.79 Å². The molecule has 0 saturated heterocycles. The number of carbonyl (C=O) groups is 1. The molecule has 128 valence electrons. The summed E-state index contributed by atoms with van der Waals surface area (Å²) in [5.74, 6) is 1.51. The first-order chi connectivity index (χ1) is 11.6. The Morgan fingerprint density at radius 2 is 2.08 bits per heavy atom. The van der Waals surface area contributed by atoms with E-state index in [-0.39, 0.29) is 11.2 Å². The molecule has 0 spiro atoms. The molecule has 1 aromatic heterocycles. The first-order valence-corrected chi connectivity index (χ1v) is 9.68. The molecule has 6 heteroatoms. The molecular weight excluding hydrogens is 344 g/mol. The lowest BCUT2D eigenvalue weighted by Gasteiger charge is -2.15. The van der Waals surface area contributed by atoms with Gasteiger partial charge in [-0.15, -0.1) is 11.8 Å². The highest BCUT2D eigenvalue weighted by molar-refractivity contribution is 7.99. The first kappa shape index (κ1) is 17.4. The van der Waals surface area contributed by atoms with Gasteiger partial charge in [-0.2, -0.15) is 0 Å². The van der Waals surface area contributed by atoms with Crippen LogP contribution in [0.3, 0.4) is 0 Å². The zero-order chi connectivity index (χ0) is 16.9. The van der Waals surface area contributed by atoms with Gasteiger partial charge in [0.1, 0.15) is 11.5 Å². The van der Waals surface area contributed by atoms with E-state index in [1.165, 1.54) is 12.8 Å². The standard InChI is InChI=1S/C18H21ClN2O2S/c1-12(18(22)20-15-4-2-3-5-15)24-11-16-10-17(21-23-16)13-6-8-14(19)9-7-13/h6-10,12,15H,2-5,11H2,1H3,(H,20,22). The maximum absolute atomic E-state index is 12.2. The Hall–Kier alpha value is -1.46. The maximum atomic E-state index is 12.2. The predicted molar refractivity (Wildman–Crippen MR) is 98.1 cm³/mol. The van der Waals surface area contributed by atoms with Crippen molar-refractivity contribution < 1.29 is 9.32 Å². The third kappa shape index (κ3) is 4.54. The molecule has 4 nitrogen and oxygen atoms in total. The smallest absolute Gasteiger partial charge is 0.233 e. The number of hydrogen-bond acceptors (Lipinski definition) is 4. The fourth-order valence-electron chi connectivity index (χ4n) is 2.81. The second-order valence-electron chi connectivity index (χ2n) is 6.13. The molecule has 1 aliphatic carbocycles. The van der Waals surface area contributed by atoms with Gasteiger partial charge in [0, 0.05) is 22.7 Å². The van der Waals surface area contributed by atoms with E-state index in [1.54, 1.807) is 11.8 Å². The van der Waals surface area contributed by atoms with Crippen molar-refractivity contribution in [3.63, 3.8) is 0 Å². The van der Waals surface area contributed by atoms with Crippen LogP contribution in [0, 0.1) is 0 Å². The van der Waals surface area contributed by atoms with Crippen LogP contribution in [0.15, 0.2) is 34.9 Å². The van der Waals surface area contributed by atoms with Gasteiger partial charge >= 0.3 is 0 Å². The molecule has 0 bridgehead atoms. The number of carbonyl (C=O) groups excluding carboxylic acids is 1. The van der Waals surface area contributed by atoms with Crippen molar-refractivity contribution in [3.05, 3.63) is 41.1 Å². The van der Waals surface area contributed by atoms with Crippen molar-refractivity contribution in [1.29, 1.82) is 0 Å². The van der Waals surface area contributed by atoms with Crippen LogP contribution in [0.25, 0.3) is 11.3 Å². The van der Waals surface area contributed by atoms with Crippen molar-refractivity contribution in [2.24, 2.45) is 0 Å².